The first-order valence-electron chi connectivity index (χ1n) is 12.8. The van der Waals surface area contributed by atoms with E-state index in [9.17, 15) is 9.59 Å². The van der Waals surface area contributed by atoms with E-state index in [1.165, 1.54) is 10.5 Å². The minimum absolute atomic E-state index is 0.0646. The van der Waals surface area contributed by atoms with Gasteiger partial charge in [0.1, 0.15) is 11.3 Å². The maximum atomic E-state index is 13.7. The Morgan fingerprint density at radius 1 is 1.03 bits per heavy atom. The number of imide groups is 1. The van der Waals surface area contributed by atoms with E-state index in [0.717, 1.165) is 48.9 Å². The second kappa shape index (κ2) is 10.0. The lowest BCUT2D eigenvalue weighted by atomic mass is 9.85. The highest BCUT2D eigenvalue weighted by molar-refractivity contribution is 6.07. The standard InChI is InChI=1S/C28H35N3O5/c1-4-31-27(33)30(18-22-6-5-7-23(15-22)34-3)26(32)28(31)10-12-29(13-11-28)17-20(2)14-21-8-9-24-25(16-21)36-19-35-24/h5-9,15-16,20H,4,10-14,17-19H2,1-3H3. The summed E-state index contributed by atoms with van der Waals surface area (Å²) in [5.41, 5.74) is 1.39. The van der Waals surface area contributed by atoms with Gasteiger partial charge in [-0.25, -0.2) is 4.79 Å². The van der Waals surface area contributed by atoms with Crippen LogP contribution in [0.3, 0.4) is 0 Å². The van der Waals surface area contributed by atoms with Gasteiger partial charge < -0.3 is 24.0 Å². The molecule has 0 saturated carbocycles. The number of benzene rings is 2. The molecule has 0 N–H and O–H groups in total. The van der Waals surface area contributed by atoms with Crippen molar-refractivity contribution in [1.29, 1.82) is 0 Å². The van der Waals surface area contributed by atoms with Crippen molar-refractivity contribution in [1.82, 2.24) is 14.7 Å². The number of hydrogen-bond donors (Lipinski definition) is 0. The number of carbonyl (C=O) groups is 2. The first kappa shape index (κ1) is 24.4. The number of urea groups is 1. The predicted molar refractivity (Wildman–Crippen MR) is 135 cm³/mol. The molecule has 8 nitrogen and oxygen atoms in total. The number of rotatable bonds is 8. The molecular weight excluding hydrogens is 458 g/mol. The SMILES string of the molecule is CCN1C(=O)N(Cc2cccc(OC)c2)C(=O)C12CCN(CC(C)Cc1ccc3c(c1)OCO3)CC2. The van der Waals surface area contributed by atoms with Crippen LogP contribution in [0.15, 0.2) is 42.5 Å². The van der Waals surface area contributed by atoms with Crippen molar-refractivity contribution in [2.45, 2.75) is 45.2 Å². The summed E-state index contributed by atoms with van der Waals surface area (Å²) in [5.74, 6) is 2.74. The van der Waals surface area contributed by atoms with E-state index in [2.05, 4.69) is 24.0 Å². The van der Waals surface area contributed by atoms with Gasteiger partial charge in [0.15, 0.2) is 11.5 Å². The molecule has 3 aliphatic rings. The number of carbonyl (C=O) groups excluding carboxylic acids is 2. The van der Waals surface area contributed by atoms with Gasteiger partial charge in [0.2, 0.25) is 6.79 Å². The van der Waals surface area contributed by atoms with Crippen molar-refractivity contribution < 1.29 is 23.8 Å². The largest absolute Gasteiger partial charge is 0.497 e. The number of ether oxygens (including phenoxy) is 3. The normalized spacial score (nSPS) is 19.9. The van der Waals surface area contributed by atoms with Crippen LogP contribution in [-0.2, 0) is 17.8 Å². The molecule has 0 aliphatic carbocycles. The third kappa shape index (κ3) is 4.50. The fraction of sp³-hybridized carbons (Fsp3) is 0.500. The summed E-state index contributed by atoms with van der Waals surface area (Å²) in [4.78, 5) is 32.6. The molecule has 0 aromatic heterocycles. The first-order chi connectivity index (χ1) is 17.4. The summed E-state index contributed by atoms with van der Waals surface area (Å²) in [6.07, 6.45) is 2.28. The predicted octanol–water partition coefficient (Wildman–Crippen LogP) is 3.92. The monoisotopic (exact) mass is 493 g/mol. The van der Waals surface area contributed by atoms with E-state index >= 15 is 0 Å². The molecule has 1 unspecified atom stereocenters. The number of fused-ring (bicyclic) bond motifs is 1. The highest BCUT2D eigenvalue weighted by atomic mass is 16.7. The second-order valence-corrected chi connectivity index (χ2v) is 10.1. The van der Waals surface area contributed by atoms with Gasteiger partial charge in [0.25, 0.3) is 5.91 Å². The number of methoxy groups -OCH3 is 1. The fourth-order valence-electron chi connectivity index (χ4n) is 5.88. The molecule has 2 aromatic rings. The van der Waals surface area contributed by atoms with Gasteiger partial charge in [-0.1, -0.05) is 25.1 Å². The summed E-state index contributed by atoms with van der Waals surface area (Å²) in [6, 6.07) is 13.5. The average molecular weight is 494 g/mol. The quantitative estimate of drug-likeness (QED) is 0.519. The van der Waals surface area contributed by atoms with Gasteiger partial charge in [-0.05, 0) is 67.5 Å². The van der Waals surface area contributed by atoms with Crippen LogP contribution >= 0.6 is 0 Å². The summed E-state index contributed by atoms with van der Waals surface area (Å²) >= 11 is 0. The third-order valence-corrected chi connectivity index (χ3v) is 7.69. The topological polar surface area (TPSA) is 71.6 Å². The van der Waals surface area contributed by atoms with Crippen LogP contribution in [-0.4, -0.2) is 72.3 Å². The molecule has 2 saturated heterocycles. The Morgan fingerprint density at radius 2 is 1.81 bits per heavy atom. The Morgan fingerprint density at radius 3 is 2.56 bits per heavy atom. The molecule has 5 rings (SSSR count). The number of amides is 3. The van der Waals surface area contributed by atoms with Crippen molar-refractivity contribution in [3.8, 4) is 17.2 Å². The average Bonchev–Trinajstić information content (AvgIpc) is 3.42. The Balaban J connectivity index is 1.21. The minimum atomic E-state index is -0.734. The molecule has 3 amide bonds. The molecule has 0 radical (unpaired) electrons. The van der Waals surface area contributed by atoms with Gasteiger partial charge >= 0.3 is 6.03 Å². The Kier molecular flexibility index (Phi) is 6.79. The Labute approximate surface area is 212 Å². The number of likely N-dealkylation sites (N-methyl/N-ethyl adjacent to an activating group) is 1. The molecule has 2 fully saturated rings. The zero-order valence-electron chi connectivity index (χ0n) is 21.4. The van der Waals surface area contributed by atoms with Crippen molar-refractivity contribution in [2.75, 3.05) is 40.1 Å². The van der Waals surface area contributed by atoms with Crippen molar-refractivity contribution in [2.24, 2.45) is 5.92 Å². The van der Waals surface area contributed by atoms with E-state index < -0.39 is 5.54 Å². The van der Waals surface area contributed by atoms with Gasteiger partial charge in [-0.3, -0.25) is 9.69 Å². The number of hydrogen-bond acceptors (Lipinski definition) is 6. The smallest absolute Gasteiger partial charge is 0.327 e. The highest BCUT2D eigenvalue weighted by Gasteiger charge is 2.57. The zero-order valence-corrected chi connectivity index (χ0v) is 21.4. The number of nitrogens with zero attached hydrogens (tertiary/aromatic N) is 3. The van der Waals surface area contributed by atoms with Gasteiger partial charge in [-0.15, -0.1) is 0 Å². The molecule has 36 heavy (non-hydrogen) atoms. The summed E-state index contributed by atoms with van der Waals surface area (Å²) in [5, 5.41) is 0. The number of likely N-dealkylation sites (tertiary alicyclic amines) is 1. The molecule has 2 aromatic carbocycles. The van der Waals surface area contributed by atoms with E-state index in [1.54, 1.807) is 12.0 Å². The van der Waals surface area contributed by atoms with E-state index in [0.29, 0.717) is 25.3 Å². The van der Waals surface area contributed by atoms with E-state index in [-0.39, 0.29) is 25.3 Å². The van der Waals surface area contributed by atoms with Crippen LogP contribution in [0.4, 0.5) is 4.79 Å². The molecule has 192 valence electrons. The molecule has 3 heterocycles. The zero-order chi connectivity index (χ0) is 25.3. The molecule has 3 aliphatic heterocycles. The molecule has 1 atom stereocenters. The molecule has 8 heteroatoms. The van der Waals surface area contributed by atoms with Crippen molar-refractivity contribution in [3.05, 3.63) is 53.6 Å². The van der Waals surface area contributed by atoms with Gasteiger partial charge in [0.05, 0.1) is 13.7 Å². The fourth-order valence-corrected chi connectivity index (χ4v) is 5.88. The lowest BCUT2D eigenvalue weighted by molar-refractivity contribution is -0.136. The van der Waals surface area contributed by atoms with Gasteiger partial charge in [-0.2, -0.15) is 0 Å². The molecular formula is C28H35N3O5. The van der Waals surface area contributed by atoms with Crippen LogP contribution in [0.25, 0.3) is 0 Å². The maximum Gasteiger partial charge on any atom is 0.327 e. The van der Waals surface area contributed by atoms with Gasteiger partial charge in [0, 0.05) is 26.2 Å². The Bertz CT molecular complexity index is 1130. The van der Waals surface area contributed by atoms with E-state index in [1.807, 2.05) is 37.3 Å². The summed E-state index contributed by atoms with van der Waals surface area (Å²) in [7, 11) is 1.61. The first-order valence-corrected chi connectivity index (χ1v) is 12.8. The van der Waals surface area contributed by atoms with Crippen LogP contribution < -0.4 is 14.2 Å². The van der Waals surface area contributed by atoms with Crippen LogP contribution in [0.5, 0.6) is 17.2 Å². The highest BCUT2D eigenvalue weighted by Crippen LogP contribution is 2.38. The van der Waals surface area contributed by atoms with Crippen LogP contribution in [0.2, 0.25) is 0 Å². The number of piperidine rings is 1. The second-order valence-electron chi connectivity index (χ2n) is 10.1. The maximum absolute atomic E-state index is 13.7. The summed E-state index contributed by atoms with van der Waals surface area (Å²) < 4.78 is 16.2. The van der Waals surface area contributed by atoms with Crippen LogP contribution in [0.1, 0.15) is 37.8 Å². The van der Waals surface area contributed by atoms with Crippen molar-refractivity contribution >= 4 is 11.9 Å². The lowest BCUT2D eigenvalue weighted by Gasteiger charge is -2.42. The lowest BCUT2D eigenvalue weighted by Crippen LogP contribution is -2.56. The van der Waals surface area contributed by atoms with Crippen LogP contribution in [0, 0.1) is 5.92 Å². The minimum Gasteiger partial charge on any atom is -0.497 e. The summed E-state index contributed by atoms with van der Waals surface area (Å²) in [6.45, 7) is 7.85. The van der Waals surface area contributed by atoms with Crippen molar-refractivity contribution in [3.63, 3.8) is 0 Å². The molecule has 0 bridgehead atoms. The molecule has 1 spiro atoms. The Hall–Kier alpha value is -3.26. The van der Waals surface area contributed by atoms with E-state index in [4.69, 9.17) is 14.2 Å². The third-order valence-electron chi connectivity index (χ3n) is 7.69.